The minimum Gasteiger partial charge on any atom is -0.352 e. The predicted octanol–water partition coefficient (Wildman–Crippen LogP) is 4.62. The van der Waals surface area contributed by atoms with Gasteiger partial charge in [0.15, 0.2) is 0 Å². The molecule has 1 aliphatic rings. The van der Waals surface area contributed by atoms with E-state index in [1.807, 2.05) is 68.4 Å². The monoisotopic (exact) mass is 561 g/mol. The van der Waals surface area contributed by atoms with Crippen LogP contribution in [0.15, 0.2) is 83.8 Å². The molecule has 2 amide bonds. The van der Waals surface area contributed by atoms with Crippen LogP contribution in [0.5, 0.6) is 0 Å². The number of nitrogens with one attached hydrogen (secondary N) is 1. The van der Waals surface area contributed by atoms with Crippen molar-refractivity contribution in [1.82, 2.24) is 14.5 Å². The maximum atomic E-state index is 14.0. The number of amides is 2. The molecule has 0 heterocycles. The summed E-state index contributed by atoms with van der Waals surface area (Å²) in [6.07, 6.45) is 4.32. The lowest BCUT2D eigenvalue weighted by Crippen LogP contribution is -2.54. The Balaban J connectivity index is 1.65. The van der Waals surface area contributed by atoms with E-state index in [9.17, 15) is 18.0 Å². The summed E-state index contributed by atoms with van der Waals surface area (Å²) >= 11 is 0. The standard InChI is InChI=1S/C32H39N3O4S/c1-24-13-17-27(18-14-24)22-35(31(36)23-34(3)40(38,39)29-19-15-25(2)16-20-29)30(21-26-9-5-4-6-10-26)32(37)33-28-11-7-8-12-28/h4-6,9-10,13-20,28,30H,7-8,11-12,21-23H2,1-3H3,(H,33,37)/t30-/m0/s1. The number of carbonyl (C=O) groups is 2. The molecule has 1 fully saturated rings. The zero-order valence-corrected chi connectivity index (χ0v) is 24.4. The first-order valence-electron chi connectivity index (χ1n) is 13.9. The first-order valence-corrected chi connectivity index (χ1v) is 15.3. The van der Waals surface area contributed by atoms with E-state index in [1.54, 1.807) is 29.2 Å². The molecule has 0 aliphatic heterocycles. The smallest absolute Gasteiger partial charge is 0.243 e. The first-order chi connectivity index (χ1) is 19.1. The normalized spacial score (nSPS) is 14.7. The number of hydrogen-bond acceptors (Lipinski definition) is 4. The molecular weight excluding hydrogens is 522 g/mol. The summed E-state index contributed by atoms with van der Waals surface area (Å²) in [5.41, 5.74) is 3.83. The van der Waals surface area contributed by atoms with Crippen LogP contribution in [0.2, 0.25) is 0 Å². The van der Waals surface area contributed by atoms with Crippen molar-refractivity contribution in [2.45, 2.75) is 69.5 Å². The lowest BCUT2D eigenvalue weighted by molar-refractivity contribution is -0.141. The summed E-state index contributed by atoms with van der Waals surface area (Å²) < 4.78 is 27.7. The van der Waals surface area contributed by atoms with Gasteiger partial charge < -0.3 is 10.2 Å². The third-order valence-electron chi connectivity index (χ3n) is 7.53. The highest BCUT2D eigenvalue weighted by atomic mass is 32.2. The number of benzene rings is 3. The van der Waals surface area contributed by atoms with Gasteiger partial charge >= 0.3 is 0 Å². The van der Waals surface area contributed by atoms with Crippen LogP contribution in [0.3, 0.4) is 0 Å². The summed E-state index contributed by atoms with van der Waals surface area (Å²) in [5, 5.41) is 3.18. The van der Waals surface area contributed by atoms with E-state index < -0.39 is 22.0 Å². The van der Waals surface area contributed by atoms with Crippen LogP contribution in [0.4, 0.5) is 0 Å². The van der Waals surface area contributed by atoms with Crippen molar-refractivity contribution in [1.29, 1.82) is 0 Å². The fourth-order valence-electron chi connectivity index (χ4n) is 5.07. The number of sulfonamides is 1. The molecular formula is C32H39N3O4S. The van der Waals surface area contributed by atoms with E-state index in [4.69, 9.17) is 0 Å². The Bertz CT molecular complexity index is 1380. The minimum atomic E-state index is -3.90. The van der Waals surface area contributed by atoms with Crippen LogP contribution >= 0.6 is 0 Å². The van der Waals surface area contributed by atoms with Gasteiger partial charge in [-0.1, -0.05) is 90.7 Å². The van der Waals surface area contributed by atoms with Gasteiger partial charge in [0, 0.05) is 26.1 Å². The van der Waals surface area contributed by atoms with Crippen molar-refractivity contribution in [3.63, 3.8) is 0 Å². The van der Waals surface area contributed by atoms with Gasteiger partial charge in [0.05, 0.1) is 11.4 Å². The average Bonchev–Trinajstić information content (AvgIpc) is 3.45. The fourth-order valence-corrected chi connectivity index (χ4v) is 6.19. The number of aryl methyl sites for hydroxylation is 2. The van der Waals surface area contributed by atoms with E-state index in [2.05, 4.69) is 5.32 Å². The van der Waals surface area contributed by atoms with Gasteiger partial charge in [-0.3, -0.25) is 9.59 Å². The van der Waals surface area contributed by atoms with Gasteiger partial charge in [0.1, 0.15) is 6.04 Å². The third-order valence-corrected chi connectivity index (χ3v) is 9.35. The van der Waals surface area contributed by atoms with Gasteiger partial charge in [0.25, 0.3) is 0 Å². The van der Waals surface area contributed by atoms with Gasteiger partial charge in [-0.05, 0) is 49.9 Å². The van der Waals surface area contributed by atoms with Gasteiger partial charge in [-0.2, -0.15) is 4.31 Å². The van der Waals surface area contributed by atoms with Gasteiger partial charge in [-0.25, -0.2) is 8.42 Å². The molecule has 1 atom stereocenters. The number of likely N-dealkylation sites (N-methyl/N-ethyl adjacent to an activating group) is 1. The van der Waals surface area contributed by atoms with Crippen molar-refractivity contribution in [3.8, 4) is 0 Å². The second kappa shape index (κ2) is 13.2. The summed E-state index contributed by atoms with van der Waals surface area (Å²) in [4.78, 5) is 29.4. The molecule has 40 heavy (non-hydrogen) atoms. The second-order valence-electron chi connectivity index (χ2n) is 10.8. The Hall–Kier alpha value is -3.49. The zero-order valence-electron chi connectivity index (χ0n) is 23.5. The molecule has 212 valence electrons. The number of nitrogens with zero attached hydrogens (tertiary/aromatic N) is 2. The van der Waals surface area contributed by atoms with Crippen LogP contribution in [0.25, 0.3) is 0 Å². The third kappa shape index (κ3) is 7.58. The minimum absolute atomic E-state index is 0.0895. The largest absolute Gasteiger partial charge is 0.352 e. The number of hydrogen-bond donors (Lipinski definition) is 1. The lowest BCUT2D eigenvalue weighted by atomic mass is 10.0. The van der Waals surface area contributed by atoms with Crippen LogP contribution in [0, 0.1) is 13.8 Å². The highest BCUT2D eigenvalue weighted by molar-refractivity contribution is 7.89. The predicted molar refractivity (Wildman–Crippen MR) is 157 cm³/mol. The molecule has 0 spiro atoms. The Kier molecular flexibility index (Phi) is 9.76. The summed E-state index contributed by atoms with van der Waals surface area (Å²) in [6.45, 7) is 3.68. The van der Waals surface area contributed by atoms with Crippen molar-refractivity contribution >= 4 is 21.8 Å². The molecule has 0 radical (unpaired) electrons. The van der Waals surface area contributed by atoms with E-state index in [0.717, 1.165) is 52.2 Å². The topological polar surface area (TPSA) is 86.8 Å². The highest BCUT2D eigenvalue weighted by Gasteiger charge is 2.34. The summed E-state index contributed by atoms with van der Waals surface area (Å²) in [6, 6.07) is 23.3. The van der Waals surface area contributed by atoms with Gasteiger partial charge in [-0.15, -0.1) is 0 Å². The Morgan fingerprint density at radius 3 is 2.02 bits per heavy atom. The van der Waals surface area contributed by atoms with E-state index in [0.29, 0.717) is 6.42 Å². The Morgan fingerprint density at radius 2 is 1.43 bits per heavy atom. The van der Waals surface area contributed by atoms with Crippen LogP contribution in [-0.4, -0.2) is 55.1 Å². The Labute approximate surface area is 238 Å². The highest BCUT2D eigenvalue weighted by Crippen LogP contribution is 2.21. The Morgan fingerprint density at radius 1 is 0.850 bits per heavy atom. The number of carbonyl (C=O) groups excluding carboxylic acids is 2. The quantitative estimate of drug-likeness (QED) is 0.370. The molecule has 3 aromatic carbocycles. The molecule has 0 bridgehead atoms. The van der Waals surface area contributed by atoms with E-state index in [1.165, 1.54) is 7.05 Å². The van der Waals surface area contributed by atoms with E-state index in [-0.39, 0.29) is 29.9 Å². The van der Waals surface area contributed by atoms with Crippen LogP contribution in [-0.2, 0) is 32.6 Å². The summed E-state index contributed by atoms with van der Waals surface area (Å²) in [5.74, 6) is -0.637. The van der Waals surface area contributed by atoms with Crippen molar-refractivity contribution in [2.75, 3.05) is 13.6 Å². The molecule has 8 heteroatoms. The molecule has 1 saturated carbocycles. The maximum Gasteiger partial charge on any atom is 0.243 e. The fraction of sp³-hybridized carbons (Fsp3) is 0.375. The van der Waals surface area contributed by atoms with Crippen LogP contribution < -0.4 is 5.32 Å². The average molecular weight is 562 g/mol. The molecule has 1 N–H and O–H groups in total. The molecule has 0 unspecified atom stereocenters. The molecule has 0 saturated heterocycles. The molecule has 1 aliphatic carbocycles. The van der Waals surface area contributed by atoms with Crippen molar-refractivity contribution < 1.29 is 18.0 Å². The molecule has 0 aromatic heterocycles. The molecule has 4 rings (SSSR count). The maximum absolute atomic E-state index is 14.0. The second-order valence-corrected chi connectivity index (χ2v) is 12.8. The lowest BCUT2D eigenvalue weighted by Gasteiger charge is -2.33. The first kappa shape index (κ1) is 29.5. The zero-order chi connectivity index (χ0) is 28.7. The molecule has 7 nitrogen and oxygen atoms in total. The van der Waals surface area contributed by atoms with Crippen LogP contribution in [0.1, 0.15) is 47.9 Å². The molecule has 3 aromatic rings. The van der Waals surface area contributed by atoms with Crippen molar-refractivity contribution in [2.24, 2.45) is 0 Å². The van der Waals surface area contributed by atoms with E-state index >= 15 is 0 Å². The SMILES string of the molecule is Cc1ccc(CN(C(=O)CN(C)S(=O)(=O)c2ccc(C)cc2)[C@@H](Cc2ccccc2)C(=O)NC2CCCC2)cc1. The van der Waals surface area contributed by atoms with Crippen molar-refractivity contribution in [3.05, 3.63) is 101 Å². The van der Waals surface area contributed by atoms with Gasteiger partial charge in [0.2, 0.25) is 21.8 Å². The number of rotatable bonds is 11. The summed E-state index contributed by atoms with van der Waals surface area (Å²) in [7, 11) is -2.50.